The van der Waals surface area contributed by atoms with Gasteiger partial charge in [-0.05, 0) is 55.6 Å². The van der Waals surface area contributed by atoms with E-state index in [1.54, 1.807) is 0 Å². The largest absolute Gasteiger partial charge is 0.339 e. The predicted octanol–water partition coefficient (Wildman–Crippen LogP) is 3.93. The van der Waals surface area contributed by atoms with Crippen LogP contribution >= 0.6 is 0 Å². The molecule has 1 amide bonds. The van der Waals surface area contributed by atoms with E-state index < -0.39 is 0 Å². The molecule has 0 N–H and O–H groups in total. The second-order valence-electron chi connectivity index (χ2n) is 7.15. The van der Waals surface area contributed by atoms with Crippen molar-refractivity contribution in [3.05, 3.63) is 48.0 Å². The third-order valence-electron chi connectivity index (χ3n) is 5.68. The predicted molar refractivity (Wildman–Crippen MR) is 98.3 cm³/mol. The molecule has 0 bridgehead atoms. The molecular weight excluding hydrogens is 296 g/mol. The molecule has 0 saturated carbocycles. The summed E-state index contributed by atoms with van der Waals surface area (Å²) in [6, 6.07) is 14.9. The average Bonchev–Trinajstić information content (AvgIpc) is 2.68. The van der Waals surface area contributed by atoms with E-state index in [0.29, 0.717) is 6.04 Å². The number of nitrogens with zero attached hydrogens (tertiary/aromatic N) is 2. The van der Waals surface area contributed by atoms with Crippen LogP contribution in [-0.2, 0) is 0 Å². The molecule has 2 aromatic rings. The van der Waals surface area contributed by atoms with Gasteiger partial charge in [0.25, 0.3) is 5.91 Å². The van der Waals surface area contributed by atoms with Gasteiger partial charge in [-0.1, -0.05) is 42.8 Å². The molecule has 24 heavy (non-hydrogen) atoms. The Morgan fingerprint density at radius 1 is 0.833 bits per heavy atom. The molecule has 2 fully saturated rings. The van der Waals surface area contributed by atoms with Crippen molar-refractivity contribution in [2.45, 2.75) is 38.1 Å². The molecule has 0 aromatic heterocycles. The van der Waals surface area contributed by atoms with Crippen molar-refractivity contribution in [2.24, 2.45) is 0 Å². The molecular formula is C21H26N2O. The minimum atomic E-state index is 0.198. The SMILES string of the molecule is O=C(c1cccc2ccccc12)N1CCC(N2CCCCC2)CC1. The minimum absolute atomic E-state index is 0.198. The van der Waals surface area contributed by atoms with Gasteiger partial charge in [0, 0.05) is 24.7 Å². The molecule has 126 valence electrons. The first-order chi connectivity index (χ1) is 11.8. The number of rotatable bonds is 2. The Kier molecular flexibility index (Phi) is 4.52. The van der Waals surface area contributed by atoms with E-state index in [9.17, 15) is 4.79 Å². The highest BCUT2D eigenvalue weighted by Crippen LogP contribution is 2.24. The third-order valence-corrected chi connectivity index (χ3v) is 5.68. The lowest BCUT2D eigenvalue weighted by Crippen LogP contribution is -2.48. The number of amides is 1. The van der Waals surface area contributed by atoms with Crippen molar-refractivity contribution >= 4 is 16.7 Å². The van der Waals surface area contributed by atoms with Crippen LogP contribution in [0.3, 0.4) is 0 Å². The maximum absolute atomic E-state index is 13.0. The fourth-order valence-electron chi connectivity index (χ4n) is 4.30. The second kappa shape index (κ2) is 6.94. The second-order valence-corrected chi connectivity index (χ2v) is 7.15. The molecule has 2 aliphatic rings. The lowest BCUT2D eigenvalue weighted by atomic mass is 9.98. The van der Waals surface area contributed by atoms with Crippen LogP contribution in [0.4, 0.5) is 0 Å². The first kappa shape index (κ1) is 15.6. The molecule has 0 aliphatic carbocycles. The lowest BCUT2D eigenvalue weighted by molar-refractivity contribution is 0.0591. The molecule has 4 rings (SSSR count). The Balaban J connectivity index is 1.46. The summed E-state index contributed by atoms with van der Waals surface area (Å²) in [5.74, 6) is 0.198. The summed E-state index contributed by atoms with van der Waals surface area (Å²) in [4.78, 5) is 17.7. The zero-order valence-corrected chi connectivity index (χ0v) is 14.3. The zero-order chi connectivity index (χ0) is 16.4. The van der Waals surface area contributed by atoms with Crippen molar-refractivity contribution in [1.82, 2.24) is 9.80 Å². The van der Waals surface area contributed by atoms with Crippen LogP contribution in [0.1, 0.15) is 42.5 Å². The van der Waals surface area contributed by atoms with Gasteiger partial charge in [0.1, 0.15) is 0 Å². The van der Waals surface area contributed by atoms with E-state index in [2.05, 4.69) is 28.0 Å². The fraction of sp³-hybridized carbons (Fsp3) is 0.476. The number of likely N-dealkylation sites (tertiary alicyclic amines) is 2. The van der Waals surface area contributed by atoms with Crippen LogP contribution in [0.25, 0.3) is 10.8 Å². The number of piperidine rings is 2. The van der Waals surface area contributed by atoms with Crippen molar-refractivity contribution < 1.29 is 4.79 Å². The standard InChI is InChI=1S/C21H26N2O/c24-21(20-10-6-8-17-7-2-3-9-19(17)20)23-15-11-18(12-16-23)22-13-4-1-5-14-22/h2-3,6-10,18H,1,4-5,11-16H2. The van der Waals surface area contributed by atoms with Gasteiger partial charge in [0.2, 0.25) is 0 Å². The maximum atomic E-state index is 13.0. The number of carbonyl (C=O) groups excluding carboxylic acids is 1. The van der Waals surface area contributed by atoms with Gasteiger partial charge in [0.15, 0.2) is 0 Å². The van der Waals surface area contributed by atoms with Crippen molar-refractivity contribution in [2.75, 3.05) is 26.2 Å². The Labute approximate surface area is 144 Å². The molecule has 0 spiro atoms. The molecule has 3 nitrogen and oxygen atoms in total. The highest BCUT2D eigenvalue weighted by atomic mass is 16.2. The van der Waals surface area contributed by atoms with E-state index in [0.717, 1.165) is 42.3 Å². The molecule has 0 atom stereocenters. The summed E-state index contributed by atoms with van der Waals surface area (Å²) in [5.41, 5.74) is 0.851. The van der Waals surface area contributed by atoms with Gasteiger partial charge < -0.3 is 9.80 Å². The number of hydrogen-bond acceptors (Lipinski definition) is 2. The molecule has 2 saturated heterocycles. The van der Waals surface area contributed by atoms with Gasteiger partial charge >= 0.3 is 0 Å². The van der Waals surface area contributed by atoms with Crippen LogP contribution in [0.5, 0.6) is 0 Å². The maximum Gasteiger partial charge on any atom is 0.254 e. The normalized spacial score (nSPS) is 20.4. The summed E-state index contributed by atoms with van der Waals surface area (Å²) >= 11 is 0. The average molecular weight is 322 g/mol. The Bertz CT molecular complexity index is 707. The highest BCUT2D eigenvalue weighted by molar-refractivity contribution is 6.07. The Morgan fingerprint density at radius 2 is 1.54 bits per heavy atom. The molecule has 2 aliphatic heterocycles. The lowest BCUT2D eigenvalue weighted by Gasteiger charge is -2.40. The van der Waals surface area contributed by atoms with E-state index in [4.69, 9.17) is 0 Å². The van der Waals surface area contributed by atoms with Crippen LogP contribution in [0, 0.1) is 0 Å². The van der Waals surface area contributed by atoms with Gasteiger partial charge in [-0.3, -0.25) is 4.79 Å². The van der Waals surface area contributed by atoms with Crippen molar-refractivity contribution in [3.8, 4) is 0 Å². The van der Waals surface area contributed by atoms with Crippen molar-refractivity contribution in [1.29, 1.82) is 0 Å². The smallest absolute Gasteiger partial charge is 0.254 e. The quantitative estimate of drug-likeness (QED) is 0.836. The minimum Gasteiger partial charge on any atom is -0.339 e. The number of hydrogen-bond donors (Lipinski definition) is 0. The van der Waals surface area contributed by atoms with Gasteiger partial charge in [0.05, 0.1) is 0 Å². The third kappa shape index (κ3) is 3.05. The number of fused-ring (bicyclic) bond motifs is 1. The summed E-state index contributed by atoms with van der Waals surface area (Å²) in [5, 5.41) is 2.22. The van der Waals surface area contributed by atoms with Crippen molar-refractivity contribution in [3.63, 3.8) is 0 Å². The topological polar surface area (TPSA) is 23.6 Å². The van der Waals surface area contributed by atoms with E-state index in [1.807, 2.05) is 24.3 Å². The fourth-order valence-corrected chi connectivity index (χ4v) is 4.30. The van der Waals surface area contributed by atoms with Gasteiger partial charge in [-0.2, -0.15) is 0 Å². The molecule has 0 radical (unpaired) electrons. The summed E-state index contributed by atoms with van der Waals surface area (Å²) in [7, 11) is 0. The Hall–Kier alpha value is -1.87. The molecule has 0 unspecified atom stereocenters. The van der Waals surface area contributed by atoms with Crippen LogP contribution in [0.15, 0.2) is 42.5 Å². The van der Waals surface area contributed by atoms with Gasteiger partial charge in [-0.25, -0.2) is 0 Å². The summed E-state index contributed by atoms with van der Waals surface area (Å²) < 4.78 is 0. The number of carbonyl (C=O) groups is 1. The molecule has 2 aromatic carbocycles. The monoisotopic (exact) mass is 322 g/mol. The van der Waals surface area contributed by atoms with E-state index in [-0.39, 0.29) is 5.91 Å². The zero-order valence-electron chi connectivity index (χ0n) is 14.3. The number of benzene rings is 2. The Morgan fingerprint density at radius 3 is 2.33 bits per heavy atom. The first-order valence-electron chi connectivity index (χ1n) is 9.34. The highest BCUT2D eigenvalue weighted by Gasteiger charge is 2.28. The van der Waals surface area contributed by atoms with Crippen LogP contribution in [-0.4, -0.2) is 47.9 Å². The first-order valence-corrected chi connectivity index (χ1v) is 9.34. The summed E-state index contributed by atoms with van der Waals surface area (Å²) in [6.07, 6.45) is 6.31. The van der Waals surface area contributed by atoms with E-state index in [1.165, 1.54) is 32.4 Å². The van der Waals surface area contributed by atoms with Crippen LogP contribution in [0.2, 0.25) is 0 Å². The molecule has 2 heterocycles. The van der Waals surface area contributed by atoms with Crippen LogP contribution < -0.4 is 0 Å². The summed E-state index contributed by atoms with van der Waals surface area (Å²) in [6.45, 7) is 4.29. The van der Waals surface area contributed by atoms with E-state index >= 15 is 0 Å². The molecule has 3 heteroatoms. The van der Waals surface area contributed by atoms with Gasteiger partial charge in [-0.15, -0.1) is 0 Å².